The molecule has 2 unspecified atom stereocenters. The van der Waals surface area contributed by atoms with E-state index in [4.69, 9.17) is 0 Å². The molecule has 2 atom stereocenters. The minimum Gasteiger partial charge on any atom is -0.388 e. The number of H-pyrrole nitrogens is 2. The molecule has 7 nitrogen and oxygen atoms in total. The fraction of sp³-hybridized carbons (Fsp3) is 0.200. The molecule has 9 heteroatoms. The monoisotopic (exact) mass is 464 g/mol. The topological polar surface area (TPSA) is 101 Å². The van der Waals surface area contributed by atoms with Gasteiger partial charge >= 0.3 is 0 Å². The van der Waals surface area contributed by atoms with Gasteiger partial charge in [0.1, 0.15) is 11.9 Å². The van der Waals surface area contributed by atoms with E-state index in [1.54, 1.807) is 50.8 Å². The average Bonchev–Trinajstić information content (AvgIpc) is 3.47. The van der Waals surface area contributed by atoms with Crippen LogP contribution >= 0.6 is 0 Å². The number of imide groups is 1. The first-order valence-electron chi connectivity index (χ1n) is 10.7. The molecule has 0 aliphatic carbocycles. The lowest BCUT2D eigenvalue weighted by Gasteiger charge is -2.21. The van der Waals surface area contributed by atoms with Crippen molar-refractivity contribution in [2.75, 3.05) is 14.1 Å². The van der Waals surface area contributed by atoms with Crippen molar-refractivity contribution in [1.82, 2.24) is 20.2 Å². The summed E-state index contributed by atoms with van der Waals surface area (Å²) in [6, 6.07) is 9.51. The quantitative estimate of drug-likeness (QED) is 0.260. The van der Waals surface area contributed by atoms with Crippen LogP contribution in [0.4, 0.5) is 8.78 Å². The summed E-state index contributed by atoms with van der Waals surface area (Å²) < 4.78 is 28.1. The summed E-state index contributed by atoms with van der Waals surface area (Å²) >= 11 is 0. The van der Waals surface area contributed by atoms with E-state index in [9.17, 15) is 23.5 Å². The van der Waals surface area contributed by atoms with Crippen molar-refractivity contribution >= 4 is 44.8 Å². The number of nitrogens with zero attached hydrogens (tertiary/aromatic N) is 1. The van der Waals surface area contributed by atoms with Gasteiger partial charge in [0.05, 0.1) is 11.1 Å². The van der Waals surface area contributed by atoms with Gasteiger partial charge in [-0.15, -0.1) is 0 Å². The van der Waals surface area contributed by atoms with Crippen molar-refractivity contribution in [2.45, 2.75) is 18.8 Å². The number of aliphatic hydroxyl groups is 1. The van der Waals surface area contributed by atoms with Gasteiger partial charge in [-0.25, -0.2) is 8.78 Å². The molecule has 2 amide bonds. The van der Waals surface area contributed by atoms with Crippen LogP contribution in [0.5, 0.6) is 0 Å². The van der Waals surface area contributed by atoms with Crippen LogP contribution in [0.1, 0.15) is 16.7 Å². The van der Waals surface area contributed by atoms with Crippen LogP contribution in [-0.4, -0.2) is 58.3 Å². The van der Waals surface area contributed by atoms with Gasteiger partial charge < -0.3 is 15.1 Å². The highest BCUT2D eigenvalue weighted by Crippen LogP contribution is 2.38. The Morgan fingerprint density at radius 1 is 0.912 bits per heavy atom. The number of amides is 2. The van der Waals surface area contributed by atoms with Crippen molar-refractivity contribution in [3.63, 3.8) is 0 Å². The number of halogens is 2. The summed E-state index contributed by atoms with van der Waals surface area (Å²) in [7, 11) is 3.09. The molecule has 0 radical (unpaired) electrons. The fourth-order valence-electron chi connectivity index (χ4n) is 4.45. The Hall–Kier alpha value is -3.82. The highest BCUT2D eigenvalue weighted by atomic mass is 19.1. The molecule has 0 saturated carbocycles. The number of rotatable bonds is 6. The zero-order chi connectivity index (χ0) is 24.1. The molecule has 5 rings (SSSR count). The largest absolute Gasteiger partial charge is 0.388 e. The van der Waals surface area contributed by atoms with E-state index >= 15 is 0 Å². The second-order valence-corrected chi connectivity index (χ2v) is 8.62. The highest BCUT2D eigenvalue weighted by Gasteiger charge is 2.34. The van der Waals surface area contributed by atoms with Crippen molar-refractivity contribution < 1.29 is 23.5 Å². The second-order valence-electron chi connectivity index (χ2n) is 8.62. The van der Waals surface area contributed by atoms with Gasteiger partial charge in [0, 0.05) is 51.7 Å². The highest BCUT2D eigenvalue weighted by molar-refractivity contribution is 6.50. The van der Waals surface area contributed by atoms with Crippen LogP contribution in [-0.2, 0) is 16.0 Å². The summed E-state index contributed by atoms with van der Waals surface area (Å²) in [6.45, 7) is 0. The van der Waals surface area contributed by atoms with Crippen LogP contribution in [0, 0.1) is 5.82 Å². The number of aromatic amines is 2. The van der Waals surface area contributed by atoms with E-state index in [0.717, 1.165) is 0 Å². The average molecular weight is 464 g/mol. The van der Waals surface area contributed by atoms with Gasteiger partial charge in [-0.3, -0.25) is 19.8 Å². The number of carbonyl (C=O) groups is 2. The molecule has 2 aromatic carbocycles. The summed E-state index contributed by atoms with van der Waals surface area (Å²) in [6.07, 6.45) is 0.513. The first-order chi connectivity index (χ1) is 16.2. The Balaban J connectivity index is 1.65. The number of hydrogen-bond acceptors (Lipinski definition) is 4. The standard InChI is InChI=1S/C25H22F2N4O3/c1-31(2)23(27)20(32)8-12-3-5-18-14(7-12)16(10-28-18)21-22(25(34)30-24(21)33)17-11-29-19-6-4-13(26)9-15(17)19/h3-7,9-11,20,23,28-29,32H,8H2,1-2H3,(H,30,33,34). The fourth-order valence-corrected chi connectivity index (χ4v) is 4.45. The number of benzene rings is 2. The number of aromatic nitrogens is 2. The van der Waals surface area contributed by atoms with E-state index < -0.39 is 30.0 Å². The molecule has 0 fully saturated rings. The van der Waals surface area contributed by atoms with Crippen LogP contribution < -0.4 is 5.32 Å². The lowest BCUT2D eigenvalue weighted by atomic mass is 9.94. The molecular formula is C25H22F2N4O3. The van der Waals surface area contributed by atoms with Crippen molar-refractivity contribution in [1.29, 1.82) is 0 Å². The molecule has 34 heavy (non-hydrogen) atoms. The van der Waals surface area contributed by atoms with Gasteiger partial charge in [-0.2, -0.15) is 0 Å². The third-order valence-corrected chi connectivity index (χ3v) is 6.12. The van der Waals surface area contributed by atoms with Crippen LogP contribution in [0.25, 0.3) is 33.0 Å². The maximum Gasteiger partial charge on any atom is 0.259 e. The Morgan fingerprint density at radius 2 is 1.47 bits per heavy atom. The van der Waals surface area contributed by atoms with Gasteiger partial charge in [-0.1, -0.05) is 6.07 Å². The SMILES string of the molecule is CN(C)C(F)C(O)Cc1ccc2[nH]cc(C3=C(c4c[nH]c5ccc(F)cc45)C(=O)NC3=O)c2c1. The van der Waals surface area contributed by atoms with Gasteiger partial charge in [0.15, 0.2) is 6.30 Å². The first-order valence-corrected chi connectivity index (χ1v) is 10.7. The number of alkyl halides is 1. The van der Waals surface area contributed by atoms with Gasteiger partial charge in [0.2, 0.25) is 0 Å². The van der Waals surface area contributed by atoms with Crippen molar-refractivity contribution in [2.24, 2.45) is 0 Å². The molecule has 4 N–H and O–H groups in total. The van der Waals surface area contributed by atoms with E-state index in [0.29, 0.717) is 38.5 Å². The molecule has 0 saturated heterocycles. The first kappa shape index (κ1) is 22.0. The zero-order valence-electron chi connectivity index (χ0n) is 18.4. The Morgan fingerprint density at radius 3 is 2.06 bits per heavy atom. The van der Waals surface area contributed by atoms with Crippen molar-refractivity contribution in [3.8, 4) is 0 Å². The zero-order valence-corrected chi connectivity index (χ0v) is 18.4. The molecule has 4 aromatic rings. The summed E-state index contributed by atoms with van der Waals surface area (Å²) in [5.41, 5.74) is 3.22. The van der Waals surface area contributed by atoms with Crippen LogP contribution in [0.3, 0.4) is 0 Å². The smallest absolute Gasteiger partial charge is 0.259 e. The Kier molecular flexibility index (Phi) is 5.30. The Labute approximate surface area is 193 Å². The molecule has 3 heterocycles. The number of nitrogens with one attached hydrogen (secondary N) is 3. The predicted molar refractivity (Wildman–Crippen MR) is 125 cm³/mol. The number of fused-ring (bicyclic) bond motifs is 2. The minimum atomic E-state index is -1.53. The lowest BCUT2D eigenvalue weighted by molar-refractivity contribution is -0.122. The molecule has 0 spiro atoms. The van der Waals surface area contributed by atoms with Gasteiger partial charge in [0.25, 0.3) is 11.8 Å². The number of likely N-dealkylation sites (N-methyl/N-ethyl adjacent to an activating group) is 1. The van der Waals surface area contributed by atoms with Crippen LogP contribution in [0.15, 0.2) is 48.8 Å². The number of aliphatic hydroxyl groups excluding tert-OH is 1. The predicted octanol–water partition coefficient (Wildman–Crippen LogP) is 3.12. The van der Waals surface area contributed by atoms with E-state index in [2.05, 4.69) is 15.3 Å². The maximum atomic E-state index is 14.2. The van der Waals surface area contributed by atoms with E-state index in [-0.39, 0.29) is 17.6 Å². The van der Waals surface area contributed by atoms with E-state index in [1.165, 1.54) is 17.0 Å². The number of carbonyl (C=O) groups excluding carboxylic acids is 2. The van der Waals surface area contributed by atoms with Gasteiger partial charge in [-0.05, 0) is 50.0 Å². The Bertz CT molecular complexity index is 1480. The van der Waals surface area contributed by atoms with E-state index in [1.807, 2.05) is 0 Å². The second kappa shape index (κ2) is 8.19. The number of hydrogen-bond donors (Lipinski definition) is 4. The molecule has 1 aliphatic heterocycles. The normalized spacial score (nSPS) is 16.2. The molecule has 1 aliphatic rings. The molecule has 0 bridgehead atoms. The third kappa shape index (κ3) is 3.59. The third-order valence-electron chi connectivity index (χ3n) is 6.12. The molecule has 2 aromatic heterocycles. The van der Waals surface area contributed by atoms with Crippen molar-refractivity contribution in [3.05, 3.63) is 71.3 Å². The summed E-state index contributed by atoms with van der Waals surface area (Å²) in [5, 5.41) is 13.7. The lowest BCUT2D eigenvalue weighted by Crippen LogP contribution is -2.36. The minimum absolute atomic E-state index is 0.0681. The molecule has 174 valence electrons. The maximum absolute atomic E-state index is 14.2. The molecular weight excluding hydrogens is 442 g/mol. The summed E-state index contributed by atoms with van der Waals surface area (Å²) in [5.74, 6) is -1.59. The summed E-state index contributed by atoms with van der Waals surface area (Å²) in [4.78, 5) is 33.1. The van der Waals surface area contributed by atoms with Crippen LogP contribution in [0.2, 0.25) is 0 Å².